The molecular weight excluding hydrogens is 194 g/mol. The van der Waals surface area contributed by atoms with E-state index in [-0.39, 0.29) is 17.9 Å². The SMILES string of the molecule is C#CCn1c(C(C)=O)cc(C(=O)O)c1C. The van der Waals surface area contributed by atoms with E-state index >= 15 is 0 Å². The topological polar surface area (TPSA) is 59.3 Å². The highest BCUT2D eigenvalue weighted by atomic mass is 16.4. The first-order valence-corrected chi connectivity index (χ1v) is 4.36. The number of aromatic carboxylic acids is 1. The molecule has 4 nitrogen and oxygen atoms in total. The summed E-state index contributed by atoms with van der Waals surface area (Å²) in [4.78, 5) is 22.1. The Morgan fingerprint density at radius 3 is 2.60 bits per heavy atom. The van der Waals surface area contributed by atoms with E-state index in [0.717, 1.165) is 0 Å². The monoisotopic (exact) mass is 205 g/mol. The van der Waals surface area contributed by atoms with Crippen molar-refractivity contribution < 1.29 is 14.7 Å². The standard InChI is InChI=1S/C11H11NO3/c1-4-5-12-7(2)9(11(14)15)6-10(12)8(3)13/h1,6H,5H2,2-3H3,(H,14,15). The maximum atomic E-state index is 11.2. The number of carboxylic acid groups (broad SMARTS) is 1. The van der Waals surface area contributed by atoms with Gasteiger partial charge in [0.1, 0.15) is 0 Å². The molecule has 15 heavy (non-hydrogen) atoms. The Hall–Kier alpha value is -2.02. The number of rotatable bonds is 3. The molecule has 0 atom stereocenters. The smallest absolute Gasteiger partial charge is 0.337 e. The van der Waals surface area contributed by atoms with Gasteiger partial charge in [-0.2, -0.15) is 0 Å². The minimum atomic E-state index is -1.05. The zero-order valence-electron chi connectivity index (χ0n) is 8.57. The Morgan fingerprint density at radius 1 is 1.60 bits per heavy atom. The molecule has 0 radical (unpaired) electrons. The van der Waals surface area contributed by atoms with Gasteiger partial charge in [-0.3, -0.25) is 4.79 Å². The molecule has 1 rings (SSSR count). The lowest BCUT2D eigenvalue weighted by Crippen LogP contribution is -2.07. The third-order valence-corrected chi connectivity index (χ3v) is 2.21. The summed E-state index contributed by atoms with van der Waals surface area (Å²) in [7, 11) is 0. The maximum Gasteiger partial charge on any atom is 0.337 e. The van der Waals surface area contributed by atoms with Crippen LogP contribution in [0.15, 0.2) is 6.07 Å². The summed E-state index contributed by atoms with van der Waals surface area (Å²) in [6, 6.07) is 1.36. The van der Waals surface area contributed by atoms with E-state index in [1.165, 1.54) is 17.6 Å². The van der Waals surface area contributed by atoms with Crippen LogP contribution in [0, 0.1) is 19.3 Å². The van der Waals surface area contributed by atoms with Crippen molar-refractivity contribution in [2.45, 2.75) is 20.4 Å². The lowest BCUT2D eigenvalue weighted by Gasteiger charge is -2.04. The fraction of sp³-hybridized carbons (Fsp3) is 0.273. The maximum absolute atomic E-state index is 11.2. The number of hydrogen-bond acceptors (Lipinski definition) is 2. The summed E-state index contributed by atoms with van der Waals surface area (Å²) >= 11 is 0. The summed E-state index contributed by atoms with van der Waals surface area (Å²) in [5, 5.41) is 8.88. The first-order chi connectivity index (χ1) is 6.99. The quantitative estimate of drug-likeness (QED) is 0.598. The highest BCUT2D eigenvalue weighted by Crippen LogP contribution is 2.16. The molecule has 0 aromatic carbocycles. The Bertz CT molecular complexity index is 463. The van der Waals surface area contributed by atoms with Gasteiger partial charge in [-0.1, -0.05) is 5.92 Å². The molecule has 0 saturated heterocycles. The van der Waals surface area contributed by atoms with Crippen molar-refractivity contribution in [3.05, 3.63) is 23.0 Å². The number of aromatic nitrogens is 1. The zero-order chi connectivity index (χ0) is 11.6. The van der Waals surface area contributed by atoms with Gasteiger partial charge in [0.25, 0.3) is 0 Å². The highest BCUT2D eigenvalue weighted by molar-refractivity contribution is 5.97. The summed E-state index contributed by atoms with van der Waals surface area (Å²) in [6.07, 6.45) is 5.15. The third kappa shape index (κ3) is 1.91. The number of ketones is 1. The molecule has 0 saturated carbocycles. The molecule has 1 aromatic heterocycles. The second-order valence-corrected chi connectivity index (χ2v) is 3.18. The number of hydrogen-bond donors (Lipinski definition) is 1. The normalized spacial score (nSPS) is 9.67. The van der Waals surface area contributed by atoms with Crippen LogP contribution in [0.1, 0.15) is 33.5 Å². The van der Waals surface area contributed by atoms with Crippen molar-refractivity contribution in [2.24, 2.45) is 0 Å². The number of carboxylic acids is 1. The molecule has 0 aliphatic carbocycles. The van der Waals surface area contributed by atoms with Crippen LogP contribution in [-0.2, 0) is 6.54 Å². The van der Waals surface area contributed by atoms with Crippen molar-refractivity contribution in [1.29, 1.82) is 0 Å². The number of Topliss-reactive ketones (excluding diaryl/α,β-unsaturated/α-hetero) is 1. The van der Waals surface area contributed by atoms with Gasteiger partial charge in [0.05, 0.1) is 17.8 Å². The predicted octanol–water partition coefficient (Wildman–Crippen LogP) is 1.33. The molecule has 0 amide bonds. The molecule has 78 valence electrons. The van der Waals surface area contributed by atoms with Gasteiger partial charge in [0.15, 0.2) is 5.78 Å². The molecule has 0 spiro atoms. The molecule has 0 aliphatic heterocycles. The van der Waals surface area contributed by atoms with E-state index in [9.17, 15) is 9.59 Å². The second-order valence-electron chi connectivity index (χ2n) is 3.18. The van der Waals surface area contributed by atoms with Crippen LogP contribution in [0.3, 0.4) is 0 Å². The number of carbonyl (C=O) groups is 2. The zero-order valence-corrected chi connectivity index (χ0v) is 8.57. The summed E-state index contributed by atoms with van der Waals surface area (Å²) in [5.41, 5.74) is 0.962. The van der Waals surface area contributed by atoms with E-state index < -0.39 is 5.97 Å². The van der Waals surface area contributed by atoms with Gasteiger partial charge >= 0.3 is 5.97 Å². The van der Waals surface area contributed by atoms with Crippen molar-refractivity contribution in [1.82, 2.24) is 4.57 Å². The average Bonchev–Trinajstić information content (AvgIpc) is 2.45. The molecule has 1 aromatic rings. The number of carbonyl (C=O) groups excluding carboxylic acids is 1. The first-order valence-electron chi connectivity index (χ1n) is 4.36. The van der Waals surface area contributed by atoms with Crippen LogP contribution in [0.4, 0.5) is 0 Å². The molecule has 0 bridgehead atoms. The fourth-order valence-electron chi connectivity index (χ4n) is 1.45. The van der Waals surface area contributed by atoms with Gasteiger partial charge < -0.3 is 9.67 Å². The largest absolute Gasteiger partial charge is 0.478 e. The van der Waals surface area contributed by atoms with E-state index in [0.29, 0.717) is 11.4 Å². The third-order valence-electron chi connectivity index (χ3n) is 2.21. The minimum absolute atomic E-state index is 0.121. The van der Waals surface area contributed by atoms with Crippen molar-refractivity contribution in [3.63, 3.8) is 0 Å². The molecule has 0 fully saturated rings. The van der Waals surface area contributed by atoms with Crippen LogP contribution < -0.4 is 0 Å². The molecular formula is C11H11NO3. The van der Waals surface area contributed by atoms with Gasteiger partial charge in [-0.25, -0.2) is 4.79 Å². The van der Waals surface area contributed by atoms with Gasteiger partial charge in [-0.05, 0) is 13.0 Å². The van der Waals surface area contributed by atoms with Crippen molar-refractivity contribution in [3.8, 4) is 12.3 Å². The van der Waals surface area contributed by atoms with Crippen LogP contribution in [0.25, 0.3) is 0 Å². The lowest BCUT2D eigenvalue weighted by atomic mass is 10.2. The molecule has 1 heterocycles. The Kier molecular flexibility index (Phi) is 2.96. The highest BCUT2D eigenvalue weighted by Gasteiger charge is 2.18. The van der Waals surface area contributed by atoms with E-state index in [1.807, 2.05) is 0 Å². The van der Waals surface area contributed by atoms with E-state index in [1.54, 1.807) is 6.92 Å². The van der Waals surface area contributed by atoms with Crippen LogP contribution in [0.2, 0.25) is 0 Å². The number of nitrogens with zero attached hydrogens (tertiary/aromatic N) is 1. The average molecular weight is 205 g/mol. The van der Waals surface area contributed by atoms with Crippen molar-refractivity contribution in [2.75, 3.05) is 0 Å². The minimum Gasteiger partial charge on any atom is -0.478 e. The summed E-state index contributed by atoms with van der Waals surface area (Å²) in [6.45, 7) is 3.22. The Balaban J connectivity index is 3.40. The first kappa shape index (κ1) is 11.1. The molecule has 1 N–H and O–H groups in total. The summed E-state index contributed by atoms with van der Waals surface area (Å²) in [5.74, 6) is 1.15. The van der Waals surface area contributed by atoms with Crippen molar-refractivity contribution >= 4 is 11.8 Å². The number of terminal acetylenes is 1. The molecule has 0 aliphatic rings. The summed E-state index contributed by atoms with van der Waals surface area (Å²) < 4.78 is 1.53. The Labute approximate surface area is 87.5 Å². The second kappa shape index (κ2) is 4.01. The van der Waals surface area contributed by atoms with Gasteiger partial charge in [0.2, 0.25) is 0 Å². The van der Waals surface area contributed by atoms with E-state index in [4.69, 9.17) is 11.5 Å². The predicted molar refractivity (Wildman–Crippen MR) is 55.0 cm³/mol. The Morgan fingerprint density at radius 2 is 2.20 bits per heavy atom. The molecule has 4 heteroatoms. The van der Waals surface area contributed by atoms with E-state index in [2.05, 4.69) is 5.92 Å². The molecule has 0 unspecified atom stereocenters. The van der Waals surface area contributed by atoms with Crippen LogP contribution >= 0.6 is 0 Å². The fourth-order valence-corrected chi connectivity index (χ4v) is 1.45. The lowest BCUT2D eigenvalue weighted by molar-refractivity contribution is 0.0696. The van der Waals surface area contributed by atoms with Crippen LogP contribution in [-0.4, -0.2) is 21.4 Å². The van der Waals surface area contributed by atoms with Crippen LogP contribution in [0.5, 0.6) is 0 Å². The van der Waals surface area contributed by atoms with Gasteiger partial charge in [0, 0.05) is 12.6 Å². The van der Waals surface area contributed by atoms with Gasteiger partial charge in [-0.15, -0.1) is 6.42 Å².